The van der Waals surface area contributed by atoms with Crippen molar-refractivity contribution in [3.8, 4) is 0 Å². The molecule has 0 bridgehead atoms. The SMILES string of the molecule is CC1=CC[C@H]2C(C)(C)CCC[C@]2(C)[C@H]1CC/C(C)=C/CI. The molecule has 0 aromatic carbocycles. The van der Waals surface area contributed by atoms with Gasteiger partial charge in [-0.2, -0.15) is 0 Å². The average Bonchev–Trinajstić information content (AvgIpc) is 2.37. The topological polar surface area (TPSA) is 0 Å². The van der Waals surface area contributed by atoms with Crippen molar-refractivity contribution in [2.45, 2.75) is 73.1 Å². The first-order valence-corrected chi connectivity index (χ1v) is 10.2. The third-order valence-electron chi connectivity index (χ3n) is 6.55. The molecule has 0 saturated heterocycles. The predicted octanol–water partition coefficient (Wildman–Crippen LogP) is 6.95. The molecule has 0 radical (unpaired) electrons. The Hall–Kier alpha value is 0.210. The fourth-order valence-electron chi connectivity index (χ4n) is 5.30. The minimum atomic E-state index is 0.523. The van der Waals surface area contributed by atoms with Crippen LogP contribution in [-0.2, 0) is 0 Å². The molecule has 1 heteroatoms. The van der Waals surface area contributed by atoms with Gasteiger partial charge in [-0.05, 0) is 68.6 Å². The van der Waals surface area contributed by atoms with Gasteiger partial charge in [0.05, 0.1) is 0 Å². The van der Waals surface area contributed by atoms with E-state index in [1.807, 2.05) is 0 Å². The summed E-state index contributed by atoms with van der Waals surface area (Å²) >= 11 is 2.45. The predicted molar refractivity (Wildman–Crippen MR) is 103 cm³/mol. The standard InChI is InChI=1S/C20H33I/c1-15(11-14-21)7-9-17-16(2)8-10-18-19(3,4)12-6-13-20(17,18)5/h8,11,17-18H,6-7,9-10,12-14H2,1-5H3/b15-11+/t17-,18-,20+/m0/s1. The smallest absolute Gasteiger partial charge is 0.0178 e. The Kier molecular flexibility index (Phi) is 5.66. The maximum absolute atomic E-state index is 2.61. The fourth-order valence-corrected chi connectivity index (χ4v) is 6.05. The fraction of sp³-hybridized carbons (Fsp3) is 0.800. The molecular formula is C20H33I. The monoisotopic (exact) mass is 400 g/mol. The van der Waals surface area contributed by atoms with Crippen LogP contribution in [0.1, 0.15) is 73.1 Å². The molecule has 0 unspecified atom stereocenters. The second-order valence-corrected chi connectivity index (χ2v) is 9.26. The van der Waals surface area contributed by atoms with Gasteiger partial charge in [-0.15, -0.1) is 0 Å². The highest BCUT2D eigenvalue weighted by molar-refractivity contribution is 14.1. The molecule has 21 heavy (non-hydrogen) atoms. The highest BCUT2D eigenvalue weighted by Gasteiger charge is 2.51. The van der Waals surface area contributed by atoms with Gasteiger partial charge >= 0.3 is 0 Å². The van der Waals surface area contributed by atoms with Gasteiger partial charge in [-0.25, -0.2) is 0 Å². The summed E-state index contributed by atoms with van der Waals surface area (Å²) in [7, 11) is 0. The third kappa shape index (κ3) is 3.59. The summed E-state index contributed by atoms with van der Waals surface area (Å²) < 4.78 is 1.15. The van der Waals surface area contributed by atoms with E-state index in [0.717, 1.165) is 16.3 Å². The number of rotatable bonds is 4. The molecule has 0 amide bonds. The van der Waals surface area contributed by atoms with E-state index in [4.69, 9.17) is 0 Å². The van der Waals surface area contributed by atoms with Gasteiger partial charge < -0.3 is 0 Å². The molecule has 2 aliphatic rings. The second-order valence-electron chi connectivity index (χ2n) is 8.38. The molecule has 0 N–H and O–H groups in total. The van der Waals surface area contributed by atoms with Crippen LogP contribution in [0.4, 0.5) is 0 Å². The zero-order valence-electron chi connectivity index (χ0n) is 14.6. The van der Waals surface area contributed by atoms with Crippen LogP contribution in [-0.4, -0.2) is 4.43 Å². The van der Waals surface area contributed by atoms with E-state index < -0.39 is 0 Å². The maximum Gasteiger partial charge on any atom is 0.0178 e. The van der Waals surface area contributed by atoms with Crippen molar-refractivity contribution in [2.75, 3.05) is 4.43 Å². The average molecular weight is 400 g/mol. The molecule has 0 spiro atoms. The van der Waals surface area contributed by atoms with E-state index in [9.17, 15) is 0 Å². The lowest BCUT2D eigenvalue weighted by Crippen LogP contribution is -2.48. The summed E-state index contributed by atoms with van der Waals surface area (Å²) in [5, 5.41) is 0. The van der Waals surface area contributed by atoms with E-state index in [0.29, 0.717) is 10.8 Å². The van der Waals surface area contributed by atoms with Crippen LogP contribution in [0.2, 0.25) is 0 Å². The van der Waals surface area contributed by atoms with Crippen LogP contribution in [0.15, 0.2) is 23.3 Å². The summed E-state index contributed by atoms with van der Waals surface area (Å²) in [6, 6.07) is 0. The van der Waals surface area contributed by atoms with Gasteiger partial charge in [-0.1, -0.05) is 73.1 Å². The van der Waals surface area contributed by atoms with E-state index in [-0.39, 0.29) is 0 Å². The number of hydrogen-bond acceptors (Lipinski definition) is 0. The lowest BCUT2D eigenvalue weighted by molar-refractivity contribution is -0.0390. The van der Waals surface area contributed by atoms with Crippen LogP contribution in [0.5, 0.6) is 0 Å². The molecule has 0 heterocycles. The van der Waals surface area contributed by atoms with E-state index in [2.05, 4.69) is 69.4 Å². The van der Waals surface area contributed by atoms with Crippen molar-refractivity contribution in [1.29, 1.82) is 0 Å². The van der Waals surface area contributed by atoms with Gasteiger partial charge in [0.25, 0.3) is 0 Å². The Morgan fingerprint density at radius 2 is 2.05 bits per heavy atom. The van der Waals surface area contributed by atoms with Crippen molar-refractivity contribution >= 4 is 22.6 Å². The first-order valence-electron chi connectivity index (χ1n) is 8.69. The zero-order valence-corrected chi connectivity index (χ0v) is 16.8. The molecule has 0 aromatic heterocycles. The molecule has 2 aliphatic carbocycles. The zero-order chi connectivity index (χ0) is 15.7. The molecule has 0 nitrogen and oxygen atoms in total. The number of allylic oxidation sites excluding steroid dienone is 4. The third-order valence-corrected chi connectivity index (χ3v) is 6.99. The molecule has 3 atom stereocenters. The van der Waals surface area contributed by atoms with Gasteiger partial charge in [-0.3, -0.25) is 0 Å². The Balaban J connectivity index is 2.20. The lowest BCUT2D eigenvalue weighted by Gasteiger charge is -2.57. The van der Waals surface area contributed by atoms with Gasteiger partial charge in [0.2, 0.25) is 0 Å². The summed E-state index contributed by atoms with van der Waals surface area (Å²) in [6.07, 6.45) is 13.2. The molecular weight excluding hydrogens is 367 g/mol. The second kappa shape index (κ2) is 6.76. The molecule has 120 valence electrons. The first-order chi connectivity index (χ1) is 9.81. The van der Waals surface area contributed by atoms with Crippen LogP contribution >= 0.6 is 22.6 Å². The van der Waals surface area contributed by atoms with Crippen LogP contribution in [0.25, 0.3) is 0 Å². The molecule has 2 rings (SSSR count). The Morgan fingerprint density at radius 1 is 1.33 bits per heavy atom. The van der Waals surface area contributed by atoms with Crippen LogP contribution < -0.4 is 0 Å². The Labute approximate surface area is 146 Å². The van der Waals surface area contributed by atoms with Gasteiger partial charge in [0.15, 0.2) is 0 Å². The summed E-state index contributed by atoms with van der Waals surface area (Å²) in [6.45, 7) is 12.3. The minimum Gasteiger partial charge on any atom is -0.0850 e. The minimum absolute atomic E-state index is 0.523. The molecule has 0 aliphatic heterocycles. The van der Waals surface area contributed by atoms with Crippen molar-refractivity contribution in [1.82, 2.24) is 0 Å². The van der Waals surface area contributed by atoms with Crippen molar-refractivity contribution in [3.05, 3.63) is 23.3 Å². The highest BCUT2D eigenvalue weighted by atomic mass is 127. The first kappa shape index (κ1) is 17.6. The number of halogens is 1. The molecule has 1 fully saturated rings. The largest absolute Gasteiger partial charge is 0.0850 e. The number of hydrogen-bond donors (Lipinski definition) is 0. The summed E-state index contributed by atoms with van der Waals surface area (Å²) in [5.74, 6) is 1.68. The maximum atomic E-state index is 2.61. The van der Waals surface area contributed by atoms with Gasteiger partial charge in [0, 0.05) is 4.43 Å². The van der Waals surface area contributed by atoms with E-state index in [1.54, 1.807) is 11.1 Å². The van der Waals surface area contributed by atoms with Crippen molar-refractivity contribution in [3.63, 3.8) is 0 Å². The quantitative estimate of drug-likeness (QED) is 0.272. The molecule has 0 aromatic rings. The molecule has 1 saturated carbocycles. The Morgan fingerprint density at radius 3 is 2.71 bits per heavy atom. The Bertz CT molecular complexity index is 429. The van der Waals surface area contributed by atoms with Crippen molar-refractivity contribution in [2.24, 2.45) is 22.7 Å². The number of alkyl halides is 1. The van der Waals surface area contributed by atoms with Gasteiger partial charge in [0.1, 0.15) is 0 Å². The highest BCUT2D eigenvalue weighted by Crippen LogP contribution is 2.60. The van der Waals surface area contributed by atoms with E-state index in [1.165, 1.54) is 38.5 Å². The number of fused-ring (bicyclic) bond motifs is 1. The van der Waals surface area contributed by atoms with E-state index >= 15 is 0 Å². The summed E-state index contributed by atoms with van der Waals surface area (Å²) in [5.41, 5.74) is 4.31. The van der Waals surface area contributed by atoms with Crippen molar-refractivity contribution < 1.29 is 0 Å². The lowest BCUT2D eigenvalue weighted by atomic mass is 9.48. The summed E-state index contributed by atoms with van der Waals surface area (Å²) in [4.78, 5) is 0. The normalized spacial score (nSPS) is 36.1. The van der Waals surface area contributed by atoms with Crippen LogP contribution in [0.3, 0.4) is 0 Å². The van der Waals surface area contributed by atoms with Crippen LogP contribution in [0, 0.1) is 22.7 Å².